The molecule has 4 heteroatoms. The van der Waals surface area contributed by atoms with E-state index in [9.17, 15) is 14.4 Å². The Bertz CT molecular complexity index is 214. The molecule has 0 aromatic rings. The third-order valence-electron chi connectivity index (χ3n) is 1.07. The summed E-state index contributed by atoms with van der Waals surface area (Å²) in [4.78, 5) is 30.4. The summed E-state index contributed by atoms with van der Waals surface area (Å²) in [6.07, 6.45) is 1.95. The molecule has 4 nitrogen and oxygen atoms in total. The van der Waals surface area contributed by atoms with Crippen molar-refractivity contribution in [3.05, 3.63) is 11.6 Å². The normalized spacial score (nSPS) is 10.8. The molecular formula is C7H8O4. The highest BCUT2D eigenvalue weighted by molar-refractivity contribution is 6.39. The molecule has 11 heavy (non-hydrogen) atoms. The molecule has 0 radical (unpaired) electrons. The van der Waals surface area contributed by atoms with Crippen LogP contribution in [-0.4, -0.2) is 23.1 Å². The Labute approximate surface area is 63.5 Å². The van der Waals surface area contributed by atoms with Gasteiger partial charge in [-0.25, -0.2) is 4.79 Å². The van der Waals surface area contributed by atoms with Crippen LogP contribution >= 0.6 is 0 Å². The number of aliphatic carboxylic acids is 1. The standard InChI is InChI=1S/C7H8O4/c1-5(3-2-4-8)6(9)7(10)11/h3-4H,2H2,1H3,(H,10,11). The average Bonchev–Trinajstić information content (AvgIpc) is 1.98. The minimum Gasteiger partial charge on any atom is -0.475 e. The monoisotopic (exact) mass is 156 g/mol. The van der Waals surface area contributed by atoms with E-state index in [1.165, 1.54) is 13.0 Å². The summed E-state index contributed by atoms with van der Waals surface area (Å²) >= 11 is 0. The third kappa shape index (κ3) is 3.30. The number of carbonyl (C=O) groups is 3. The number of aldehydes is 1. The molecule has 0 amide bonds. The molecule has 60 valence electrons. The summed E-state index contributed by atoms with van der Waals surface area (Å²) in [5.74, 6) is -2.46. The summed E-state index contributed by atoms with van der Waals surface area (Å²) in [6, 6.07) is 0. The molecule has 0 aliphatic rings. The zero-order chi connectivity index (χ0) is 8.85. The first-order valence-corrected chi connectivity index (χ1v) is 2.97. The molecule has 0 aliphatic carbocycles. The zero-order valence-electron chi connectivity index (χ0n) is 6.03. The van der Waals surface area contributed by atoms with Crippen LogP contribution in [0.1, 0.15) is 13.3 Å². The van der Waals surface area contributed by atoms with Crippen LogP contribution in [0.5, 0.6) is 0 Å². The molecule has 0 spiro atoms. The Morgan fingerprint density at radius 3 is 2.36 bits per heavy atom. The fourth-order valence-electron chi connectivity index (χ4n) is 0.486. The first kappa shape index (κ1) is 9.55. The fraction of sp³-hybridized carbons (Fsp3) is 0.286. The fourth-order valence-corrected chi connectivity index (χ4v) is 0.486. The molecule has 0 saturated carbocycles. The van der Waals surface area contributed by atoms with Crippen molar-refractivity contribution in [2.24, 2.45) is 0 Å². The van der Waals surface area contributed by atoms with Crippen molar-refractivity contribution >= 4 is 18.0 Å². The molecule has 1 N–H and O–H groups in total. The lowest BCUT2D eigenvalue weighted by Gasteiger charge is -1.91. The van der Waals surface area contributed by atoms with Gasteiger partial charge < -0.3 is 9.90 Å². The molecule has 0 unspecified atom stereocenters. The Balaban J connectivity index is 4.23. The van der Waals surface area contributed by atoms with Crippen molar-refractivity contribution in [1.82, 2.24) is 0 Å². The van der Waals surface area contributed by atoms with Crippen molar-refractivity contribution < 1.29 is 19.5 Å². The van der Waals surface area contributed by atoms with Gasteiger partial charge in [-0.05, 0) is 6.92 Å². The highest BCUT2D eigenvalue weighted by Crippen LogP contribution is 1.95. The summed E-state index contributed by atoms with van der Waals surface area (Å²) in [5.41, 5.74) is 0.0876. The maximum atomic E-state index is 10.6. The van der Waals surface area contributed by atoms with Crippen LogP contribution in [0.25, 0.3) is 0 Å². The van der Waals surface area contributed by atoms with Crippen LogP contribution < -0.4 is 0 Å². The van der Waals surface area contributed by atoms with E-state index in [1.54, 1.807) is 0 Å². The van der Waals surface area contributed by atoms with Gasteiger partial charge in [0.1, 0.15) is 6.29 Å². The van der Waals surface area contributed by atoms with Crippen LogP contribution in [0.15, 0.2) is 11.6 Å². The van der Waals surface area contributed by atoms with Gasteiger partial charge in [0.15, 0.2) is 0 Å². The Kier molecular flexibility index (Phi) is 3.80. The van der Waals surface area contributed by atoms with Crippen LogP contribution in [0.3, 0.4) is 0 Å². The Hall–Kier alpha value is -1.45. The predicted octanol–water partition coefficient (Wildman–Crippen LogP) is 0.175. The van der Waals surface area contributed by atoms with Crippen molar-refractivity contribution in [2.45, 2.75) is 13.3 Å². The van der Waals surface area contributed by atoms with Crippen LogP contribution in [-0.2, 0) is 14.4 Å². The minimum absolute atomic E-state index is 0.0743. The molecule has 0 aromatic carbocycles. The van der Waals surface area contributed by atoms with Crippen LogP contribution in [0, 0.1) is 0 Å². The smallest absolute Gasteiger partial charge is 0.376 e. The summed E-state index contributed by atoms with van der Waals surface area (Å²) in [5, 5.41) is 8.17. The molecule has 0 heterocycles. The highest BCUT2D eigenvalue weighted by atomic mass is 16.4. The summed E-state index contributed by atoms with van der Waals surface area (Å²) in [7, 11) is 0. The number of hydrogen-bond donors (Lipinski definition) is 1. The first-order chi connectivity index (χ1) is 5.09. The van der Waals surface area contributed by atoms with Crippen LogP contribution in [0.4, 0.5) is 0 Å². The van der Waals surface area contributed by atoms with Gasteiger partial charge in [-0.1, -0.05) is 6.08 Å². The van der Waals surface area contributed by atoms with Gasteiger partial charge in [0.05, 0.1) is 0 Å². The van der Waals surface area contributed by atoms with Crippen LogP contribution in [0.2, 0.25) is 0 Å². The number of carboxylic acid groups (broad SMARTS) is 1. The molecule has 0 bridgehead atoms. The molecule has 0 rings (SSSR count). The van der Waals surface area contributed by atoms with E-state index in [-0.39, 0.29) is 12.0 Å². The van der Waals surface area contributed by atoms with Gasteiger partial charge in [-0.2, -0.15) is 0 Å². The number of allylic oxidation sites excluding steroid dienone is 1. The number of rotatable bonds is 4. The maximum absolute atomic E-state index is 10.6. The summed E-state index contributed by atoms with van der Waals surface area (Å²) in [6.45, 7) is 1.36. The van der Waals surface area contributed by atoms with Gasteiger partial charge in [-0.3, -0.25) is 4.79 Å². The maximum Gasteiger partial charge on any atom is 0.376 e. The summed E-state index contributed by atoms with van der Waals surface area (Å²) < 4.78 is 0. The van der Waals surface area contributed by atoms with Gasteiger partial charge in [0.2, 0.25) is 0 Å². The first-order valence-electron chi connectivity index (χ1n) is 2.97. The van der Waals surface area contributed by atoms with E-state index in [4.69, 9.17) is 5.11 Å². The number of ketones is 1. The third-order valence-corrected chi connectivity index (χ3v) is 1.07. The van der Waals surface area contributed by atoms with E-state index in [0.29, 0.717) is 6.29 Å². The number of hydrogen-bond acceptors (Lipinski definition) is 3. The minimum atomic E-state index is -1.50. The van der Waals surface area contributed by atoms with E-state index < -0.39 is 11.8 Å². The second-order valence-electron chi connectivity index (χ2n) is 1.92. The van der Waals surface area contributed by atoms with E-state index in [0.717, 1.165) is 0 Å². The molecule has 0 aromatic heterocycles. The van der Waals surface area contributed by atoms with Crippen molar-refractivity contribution in [3.8, 4) is 0 Å². The van der Waals surface area contributed by atoms with E-state index in [2.05, 4.69) is 0 Å². The molecule has 0 aliphatic heterocycles. The van der Waals surface area contributed by atoms with Crippen molar-refractivity contribution in [3.63, 3.8) is 0 Å². The molecule has 0 fully saturated rings. The largest absolute Gasteiger partial charge is 0.475 e. The van der Waals surface area contributed by atoms with Gasteiger partial charge in [0.25, 0.3) is 5.78 Å². The van der Waals surface area contributed by atoms with E-state index in [1.807, 2.05) is 0 Å². The van der Waals surface area contributed by atoms with Crippen molar-refractivity contribution in [1.29, 1.82) is 0 Å². The van der Waals surface area contributed by atoms with Crippen molar-refractivity contribution in [2.75, 3.05) is 0 Å². The quantitative estimate of drug-likeness (QED) is 0.358. The zero-order valence-corrected chi connectivity index (χ0v) is 6.03. The number of Topliss-reactive ketones (excluding diaryl/α,β-unsaturated/α-hetero) is 1. The second kappa shape index (κ2) is 4.38. The Morgan fingerprint density at radius 1 is 1.45 bits per heavy atom. The lowest BCUT2D eigenvalue weighted by Crippen LogP contribution is -2.13. The molecule has 0 saturated heterocycles. The second-order valence-corrected chi connectivity index (χ2v) is 1.92. The lowest BCUT2D eigenvalue weighted by atomic mass is 10.2. The molecular weight excluding hydrogens is 148 g/mol. The average molecular weight is 156 g/mol. The highest BCUT2D eigenvalue weighted by Gasteiger charge is 2.12. The molecule has 0 atom stereocenters. The van der Waals surface area contributed by atoms with Gasteiger partial charge in [0, 0.05) is 12.0 Å². The Morgan fingerprint density at radius 2 is 2.00 bits per heavy atom. The number of carbonyl (C=O) groups excluding carboxylic acids is 2. The van der Waals surface area contributed by atoms with E-state index >= 15 is 0 Å². The topological polar surface area (TPSA) is 71.4 Å². The number of carboxylic acids is 1. The predicted molar refractivity (Wildman–Crippen MR) is 37.1 cm³/mol. The van der Waals surface area contributed by atoms with Gasteiger partial charge >= 0.3 is 5.97 Å². The lowest BCUT2D eigenvalue weighted by molar-refractivity contribution is -0.147. The SMILES string of the molecule is CC(=CCC=O)C(=O)C(=O)O. The van der Waals surface area contributed by atoms with Gasteiger partial charge in [-0.15, -0.1) is 0 Å².